The van der Waals surface area contributed by atoms with Crippen LogP contribution in [0, 0.1) is 0 Å². The maximum Gasteiger partial charge on any atom is 0.260 e. The van der Waals surface area contributed by atoms with Gasteiger partial charge in [0.2, 0.25) is 5.78 Å². The van der Waals surface area contributed by atoms with Gasteiger partial charge in [0, 0.05) is 10.3 Å². The summed E-state index contributed by atoms with van der Waals surface area (Å²) in [5, 5.41) is -0.395. The van der Waals surface area contributed by atoms with Crippen molar-refractivity contribution >= 4 is 22.7 Å². The smallest absolute Gasteiger partial charge is 0.260 e. The van der Waals surface area contributed by atoms with E-state index in [2.05, 4.69) is 0 Å². The van der Waals surface area contributed by atoms with Gasteiger partial charge in [-0.15, -0.1) is 0 Å². The lowest BCUT2D eigenvalue weighted by Crippen LogP contribution is -2.18. The highest BCUT2D eigenvalue weighted by Gasteiger charge is 2.23. The molecule has 0 unspecified atom stereocenters. The molecule has 0 aliphatic heterocycles. The number of hydrogen-bond donors (Lipinski definition) is 0. The fourth-order valence-corrected chi connectivity index (χ4v) is 1.80. The minimum atomic E-state index is -0.421. The first-order chi connectivity index (χ1) is 6.90. The van der Waals surface area contributed by atoms with Crippen molar-refractivity contribution in [2.24, 2.45) is 0 Å². The van der Waals surface area contributed by atoms with Crippen LogP contribution in [-0.4, -0.2) is 15.6 Å². The summed E-state index contributed by atoms with van der Waals surface area (Å²) < 4.78 is -0.221. The first-order valence-electron chi connectivity index (χ1n) is 4.73. The van der Waals surface area contributed by atoms with Crippen LogP contribution in [0.25, 0.3) is 0 Å². The number of thioether (sulfide) groups is 1. The molecule has 0 saturated carbocycles. The fourth-order valence-electron chi connectivity index (χ4n) is 1.03. The largest absolute Gasteiger partial charge is 0.284 e. The Hall–Kier alpha value is -1.09. The number of rotatable bonds is 2. The molecule has 15 heavy (non-hydrogen) atoms. The molecule has 1 aromatic carbocycles. The van der Waals surface area contributed by atoms with Crippen LogP contribution in [0.2, 0.25) is 0 Å². The van der Waals surface area contributed by atoms with E-state index in [4.69, 9.17) is 0 Å². The molecule has 0 atom stereocenters. The Bertz CT molecular complexity index is 363. The summed E-state index contributed by atoms with van der Waals surface area (Å²) >= 11 is 1.07. The molecular weight excluding hydrogens is 208 g/mol. The molecule has 0 aliphatic carbocycles. The number of hydrogen-bond acceptors (Lipinski definition) is 3. The van der Waals surface area contributed by atoms with Crippen LogP contribution in [0.5, 0.6) is 0 Å². The lowest BCUT2D eigenvalue weighted by Gasteiger charge is -2.15. The molecule has 0 heterocycles. The highest BCUT2D eigenvalue weighted by molar-refractivity contribution is 8.16. The van der Waals surface area contributed by atoms with Gasteiger partial charge in [-0.05, 0) is 0 Å². The van der Waals surface area contributed by atoms with Crippen molar-refractivity contribution in [1.29, 1.82) is 0 Å². The van der Waals surface area contributed by atoms with Gasteiger partial charge in [-0.25, -0.2) is 0 Å². The number of ketones is 1. The van der Waals surface area contributed by atoms with Gasteiger partial charge in [-0.1, -0.05) is 62.9 Å². The zero-order valence-corrected chi connectivity index (χ0v) is 9.93. The Morgan fingerprint density at radius 3 is 2.07 bits per heavy atom. The van der Waals surface area contributed by atoms with Gasteiger partial charge in [0.05, 0.1) is 0 Å². The van der Waals surface area contributed by atoms with E-state index in [1.54, 1.807) is 24.3 Å². The normalized spacial score (nSPS) is 11.1. The minimum Gasteiger partial charge on any atom is -0.284 e. The third kappa shape index (κ3) is 3.88. The summed E-state index contributed by atoms with van der Waals surface area (Å²) in [7, 11) is 0. The van der Waals surface area contributed by atoms with Crippen molar-refractivity contribution in [1.82, 2.24) is 0 Å². The summed E-state index contributed by atoms with van der Waals surface area (Å²) in [6, 6.07) is 8.63. The first-order valence-corrected chi connectivity index (χ1v) is 5.54. The van der Waals surface area contributed by atoms with E-state index >= 15 is 0 Å². The topological polar surface area (TPSA) is 34.1 Å². The molecule has 0 aromatic heterocycles. The molecule has 0 spiro atoms. The summed E-state index contributed by atoms with van der Waals surface area (Å²) in [5.41, 5.74) is 0.458. The predicted octanol–water partition coefficient (Wildman–Crippen LogP) is 2.93. The number of carbonyl (C=O) groups excluding carboxylic acids is 2. The molecule has 0 aliphatic rings. The van der Waals surface area contributed by atoms with Gasteiger partial charge in [-0.3, -0.25) is 9.59 Å². The van der Waals surface area contributed by atoms with Gasteiger partial charge < -0.3 is 0 Å². The van der Waals surface area contributed by atoms with Crippen LogP contribution in [0.1, 0.15) is 31.1 Å². The van der Waals surface area contributed by atoms with E-state index in [0.29, 0.717) is 5.56 Å². The van der Waals surface area contributed by atoms with Crippen molar-refractivity contribution in [2.75, 3.05) is 0 Å². The first kappa shape index (κ1) is 12.0. The quantitative estimate of drug-likeness (QED) is 0.570. The molecule has 1 aromatic rings. The van der Waals surface area contributed by atoms with Crippen molar-refractivity contribution in [3.8, 4) is 0 Å². The lowest BCUT2D eigenvalue weighted by molar-refractivity contribution is -0.107. The van der Waals surface area contributed by atoms with E-state index < -0.39 is 10.9 Å². The molecule has 80 valence electrons. The average Bonchev–Trinajstić information content (AvgIpc) is 2.15. The van der Waals surface area contributed by atoms with Crippen LogP contribution in [-0.2, 0) is 4.79 Å². The Balaban J connectivity index is 2.75. The van der Waals surface area contributed by atoms with Crippen LogP contribution < -0.4 is 0 Å². The van der Waals surface area contributed by atoms with E-state index in [1.807, 2.05) is 26.8 Å². The number of carbonyl (C=O) groups is 2. The van der Waals surface area contributed by atoms with Gasteiger partial charge >= 0.3 is 0 Å². The summed E-state index contributed by atoms with van der Waals surface area (Å²) in [5.74, 6) is -0.421. The SMILES string of the molecule is CC(C)(C)SC(=O)C(=O)c1ccccc1. The fraction of sp³-hybridized carbons (Fsp3) is 0.333. The predicted molar refractivity (Wildman–Crippen MR) is 63.1 cm³/mol. The van der Waals surface area contributed by atoms with Crippen LogP contribution in [0.3, 0.4) is 0 Å². The molecule has 0 saturated heterocycles. The second-order valence-electron chi connectivity index (χ2n) is 4.20. The highest BCUT2D eigenvalue weighted by atomic mass is 32.2. The van der Waals surface area contributed by atoms with E-state index in [0.717, 1.165) is 11.8 Å². The highest BCUT2D eigenvalue weighted by Crippen LogP contribution is 2.25. The van der Waals surface area contributed by atoms with Gasteiger partial charge in [0.15, 0.2) is 0 Å². The van der Waals surface area contributed by atoms with E-state index in [-0.39, 0.29) is 4.75 Å². The Morgan fingerprint density at radius 1 is 1.07 bits per heavy atom. The Morgan fingerprint density at radius 2 is 1.60 bits per heavy atom. The standard InChI is InChI=1S/C12H14O2S/c1-12(2,3)15-11(14)10(13)9-7-5-4-6-8-9/h4-8H,1-3H3. The Kier molecular flexibility index (Phi) is 3.69. The molecule has 2 nitrogen and oxygen atoms in total. The number of benzene rings is 1. The van der Waals surface area contributed by atoms with Crippen LogP contribution in [0.15, 0.2) is 30.3 Å². The van der Waals surface area contributed by atoms with Crippen molar-refractivity contribution in [3.63, 3.8) is 0 Å². The third-order valence-electron chi connectivity index (χ3n) is 1.62. The maximum atomic E-state index is 11.7. The van der Waals surface area contributed by atoms with E-state index in [9.17, 15) is 9.59 Å². The van der Waals surface area contributed by atoms with E-state index in [1.165, 1.54) is 0 Å². The molecule has 3 heteroatoms. The molecule has 0 fully saturated rings. The molecule has 0 amide bonds. The second kappa shape index (κ2) is 4.62. The van der Waals surface area contributed by atoms with Crippen molar-refractivity contribution < 1.29 is 9.59 Å². The zero-order chi connectivity index (χ0) is 11.5. The van der Waals surface area contributed by atoms with Crippen LogP contribution in [0.4, 0.5) is 0 Å². The Labute approximate surface area is 94.1 Å². The summed E-state index contributed by atoms with van der Waals surface area (Å²) in [6.45, 7) is 5.73. The second-order valence-corrected chi connectivity index (χ2v) is 6.00. The molecule has 0 N–H and O–H groups in total. The summed E-state index contributed by atoms with van der Waals surface area (Å²) in [4.78, 5) is 23.2. The van der Waals surface area contributed by atoms with Crippen molar-refractivity contribution in [2.45, 2.75) is 25.5 Å². The number of Topliss-reactive ketones (excluding diaryl/α,β-unsaturated/α-hetero) is 1. The van der Waals surface area contributed by atoms with Gasteiger partial charge in [-0.2, -0.15) is 0 Å². The summed E-state index contributed by atoms with van der Waals surface area (Å²) in [6.07, 6.45) is 0. The molecule has 0 radical (unpaired) electrons. The zero-order valence-electron chi connectivity index (χ0n) is 9.11. The average molecular weight is 222 g/mol. The molecule has 1 rings (SSSR count). The third-order valence-corrected chi connectivity index (χ3v) is 2.60. The lowest BCUT2D eigenvalue weighted by atomic mass is 10.1. The van der Waals surface area contributed by atoms with Gasteiger partial charge in [0.1, 0.15) is 0 Å². The molecule has 0 bridgehead atoms. The molecular formula is C12H14O2S. The minimum absolute atomic E-state index is 0.221. The van der Waals surface area contributed by atoms with Crippen LogP contribution >= 0.6 is 11.8 Å². The maximum absolute atomic E-state index is 11.7. The van der Waals surface area contributed by atoms with Gasteiger partial charge in [0.25, 0.3) is 5.12 Å². The van der Waals surface area contributed by atoms with Crippen molar-refractivity contribution in [3.05, 3.63) is 35.9 Å². The monoisotopic (exact) mass is 222 g/mol.